The lowest BCUT2D eigenvalue weighted by molar-refractivity contribution is -0.0915. The second-order valence-corrected chi connectivity index (χ2v) is 9.01. The third kappa shape index (κ3) is 4.10. The average Bonchev–Trinajstić information content (AvgIpc) is 3.48. The maximum Gasteiger partial charge on any atom is 0.349 e. The zero-order valence-corrected chi connectivity index (χ0v) is 20.1. The molecule has 190 valence electrons. The molecule has 2 aliphatic heterocycles. The van der Waals surface area contributed by atoms with Gasteiger partial charge in [0, 0.05) is 29.9 Å². The first-order valence-electron chi connectivity index (χ1n) is 11.8. The van der Waals surface area contributed by atoms with Crippen molar-refractivity contribution in [1.82, 2.24) is 25.1 Å². The van der Waals surface area contributed by atoms with E-state index in [2.05, 4.69) is 25.7 Å². The molecule has 6 N–H and O–H groups in total. The summed E-state index contributed by atoms with van der Waals surface area (Å²) in [5.41, 5.74) is 9.58. The molecule has 0 saturated carbocycles. The lowest BCUT2D eigenvalue weighted by Crippen LogP contribution is -2.29. The molecule has 3 aliphatic rings. The van der Waals surface area contributed by atoms with Gasteiger partial charge in [0.1, 0.15) is 17.6 Å². The summed E-state index contributed by atoms with van der Waals surface area (Å²) < 4.78 is 18.1. The number of amidine groups is 1. The summed E-state index contributed by atoms with van der Waals surface area (Å²) >= 11 is 0. The predicted octanol–water partition coefficient (Wildman–Crippen LogP) is 1.93. The van der Waals surface area contributed by atoms with E-state index >= 15 is 0 Å². The van der Waals surface area contributed by atoms with Gasteiger partial charge in [-0.15, -0.1) is 5.10 Å². The fraction of sp³-hybridized carbons (Fsp3) is 0.280. The molecule has 2 aromatic heterocycles. The number of pyridine rings is 1. The first-order valence-corrected chi connectivity index (χ1v) is 11.8. The Morgan fingerprint density at radius 3 is 3.08 bits per heavy atom. The van der Waals surface area contributed by atoms with Crippen molar-refractivity contribution in [1.29, 1.82) is 5.41 Å². The number of nitrogens with zero attached hydrogens (tertiary/aromatic N) is 3. The Hall–Kier alpha value is -4.58. The normalized spacial score (nSPS) is 19.3. The molecule has 6 rings (SSSR count). The number of ether oxygens (including phenoxy) is 3. The maximum atomic E-state index is 13.0. The number of aromatic amines is 1. The highest BCUT2D eigenvalue weighted by Crippen LogP contribution is 2.39. The quantitative estimate of drug-likeness (QED) is 0.339. The van der Waals surface area contributed by atoms with Gasteiger partial charge in [0.2, 0.25) is 0 Å². The molecule has 2 atom stereocenters. The number of hydrogen-bond acceptors (Lipinski definition) is 9. The van der Waals surface area contributed by atoms with Crippen LogP contribution in [0.2, 0.25) is 0 Å². The smallest absolute Gasteiger partial charge is 0.349 e. The minimum Gasteiger partial charge on any atom is -0.493 e. The van der Waals surface area contributed by atoms with Gasteiger partial charge >= 0.3 is 5.69 Å². The Bertz CT molecular complexity index is 1500. The minimum absolute atomic E-state index is 0.0297. The van der Waals surface area contributed by atoms with E-state index in [0.29, 0.717) is 42.7 Å². The van der Waals surface area contributed by atoms with Crippen LogP contribution in [-0.4, -0.2) is 46.1 Å². The Labute approximate surface area is 211 Å². The number of aromatic nitrogens is 4. The SMILES string of the molecule is COC1=C2OCOCC2CC(C(Nc2ccc3c(c2)CNC3=N)c2nn(-c3ncccc3N)c(=O)[nH]2)=C1. The summed E-state index contributed by atoms with van der Waals surface area (Å²) in [6.45, 7) is 1.26. The molecule has 37 heavy (non-hydrogen) atoms. The molecular weight excluding hydrogens is 476 g/mol. The lowest BCUT2D eigenvalue weighted by Gasteiger charge is -2.33. The highest BCUT2D eigenvalue weighted by atomic mass is 16.7. The molecule has 3 aromatic rings. The number of nitrogens with one attached hydrogen (secondary N) is 4. The van der Waals surface area contributed by atoms with Gasteiger partial charge in [-0.3, -0.25) is 10.4 Å². The van der Waals surface area contributed by atoms with Gasteiger partial charge in [-0.1, -0.05) is 0 Å². The maximum absolute atomic E-state index is 13.0. The van der Waals surface area contributed by atoms with Gasteiger partial charge in [-0.05, 0) is 54.0 Å². The van der Waals surface area contributed by atoms with Crippen molar-refractivity contribution in [3.05, 3.63) is 87.1 Å². The number of allylic oxidation sites excluding steroid dienone is 1. The van der Waals surface area contributed by atoms with Crippen molar-refractivity contribution in [2.24, 2.45) is 5.92 Å². The van der Waals surface area contributed by atoms with Gasteiger partial charge in [-0.2, -0.15) is 4.68 Å². The molecule has 1 saturated heterocycles. The van der Waals surface area contributed by atoms with E-state index in [4.69, 9.17) is 25.4 Å². The molecule has 12 nitrogen and oxygen atoms in total. The van der Waals surface area contributed by atoms with Gasteiger partial charge in [-0.25, -0.2) is 9.78 Å². The molecule has 1 aromatic carbocycles. The van der Waals surface area contributed by atoms with Gasteiger partial charge < -0.3 is 30.6 Å². The van der Waals surface area contributed by atoms with Crippen LogP contribution in [0, 0.1) is 11.3 Å². The minimum atomic E-state index is -0.514. The molecule has 4 heterocycles. The first kappa shape index (κ1) is 22.9. The molecule has 12 heteroatoms. The standard InChI is InChI=1S/C25H26N8O4/c1-35-19-9-13(7-15-11-36-12-37-21(15)19)20(30-16-4-5-17-14(8-16)10-29-22(17)27)23-31-25(34)33(32-23)24-18(26)3-2-6-28-24/h2-6,8-9,15,20,30H,7,10-12,26H2,1H3,(H2,27,29)(H,31,32,34). The number of rotatable bonds is 6. The van der Waals surface area contributed by atoms with Crippen molar-refractivity contribution >= 4 is 17.2 Å². The monoisotopic (exact) mass is 502 g/mol. The highest BCUT2D eigenvalue weighted by Gasteiger charge is 2.34. The molecule has 0 bridgehead atoms. The van der Waals surface area contributed by atoms with Gasteiger partial charge in [0.15, 0.2) is 24.2 Å². The van der Waals surface area contributed by atoms with E-state index < -0.39 is 11.7 Å². The number of hydrogen-bond donors (Lipinski definition) is 5. The van der Waals surface area contributed by atoms with Gasteiger partial charge in [0.25, 0.3) is 0 Å². The summed E-state index contributed by atoms with van der Waals surface area (Å²) in [5.74, 6) is 2.40. The predicted molar refractivity (Wildman–Crippen MR) is 135 cm³/mol. The number of anilines is 2. The lowest BCUT2D eigenvalue weighted by atomic mass is 9.87. The van der Waals surface area contributed by atoms with E-state index in [1.165, 1.54) is 4.68 Å². The highest BCUT2D eigenvalue weighted by molar-refractivity contribution is 6.00. The molecule has 2 unspecified atom stereocenters. The van der Waals surface area contributed by atoms with E-state index in [0.717, 1.165) is 28.1 Å². The van der Waals surface area contributed by atoms with E-state index in [9.17, 15) is 4.79 Å². The summed E-state index contributed by atoms with van der Waals surface area (Å²) in [6, 6.07) is 8.66. The zero-order chi connectivity index (χ0) is 25.5. The molecule has 1 fully saturated rings. The van der Waals surface area contributed by atoms with Crippen LogP contribution in [0.1, 0.15) is 29.4 Å². The fourth-order valence-corrected chi connectivity index (χ4v) is 4.91. The largest absolute Gasteiger partial charge is 0.493 e. The molecule has 0 radical (unpaired) electrons. The number of benzene rings is 1. The van der Waals surface area contributed by atoms with Crippen molar-refractivity contribution < 1.29 is 14.2 Å². The van der Waals surface area contributed by atoms with E-state index in [1.54, 1.807) is 25.4 Å². The van der Waals surface area contributed by atoms with Crippen LogP contribution in [0.3, 0.4) is 0 Å². The van der Waals surface area contributed by atoms with Crippen LogP contribution >= 0.6 is 0 Å². The number of nitrogen functional groups attached to an aromatic ring is 1. The average molecular weight is 503 g/mol. The summed E-state index contributed by atoms with van der Waals surface area (Å²) in [5, 5.41) is 19.2. The van der Waals surface area contributed by atoms with Crippen LogP contribution in [0.5, 0.6) is 0 Å². The van der Waals surface area contributed by atoms with Crippen LogP contribution in [-0.2, 0) is 20.8 Å². The van der Waals surface area contributed by atoms with Crippen LogP contribution < -0.4 is 22.1 Å². The first-order chi connectivity index (χ1) is 18.0. The van der Waals surface area contributed by atoms with E-state index in [-0.39, 0.29) is 18.5 Å². The van der Waals surface area contributed by atoms with Crippen molar-refractivity contribution in [2.75, 3.05) is 31.6 Å². The molecule has 0 amide bonds. The van der Waals surface area contributed by atoms with Gasteiger partial charge in [0.05, 0.1) is 19.4 Å². The van der Waals surface area contributed by atoms with Crippen molar-refractivity contribution in [2.45, 2.75) is 19.0 Å². The molecule has 1 aliphatic carbocycles. The second-order valence-electron chi connectivity index (χ2n) is 9.01. The van der Waals surface area contributed by atoms with E-state index in [1.807, 2.05) is 24.3 Å². The number of H-pyrrole nitrogens is 1. The number of methoxy groups -OCH3 is 1. The second kappa shape index (κ2) is 9.13. The van der Waals surface area contributed by atoms with Crippen molar-refractivity contribution in [3.8, 4) is 5.82 Å². The Morgan fingerprint density at radius 1 is 1.35 bits per heavy atom. The Morgan fingerprint density at radius 2 is 2.24 bits per heavy atom. The zero-order valence-electron chi connectivity index (χ0n) is 20.1. The number of fused-ring (bicyclic) bond motifs is 2. The molecular formula is C25H26N8O4. The number of nitrogens with two attached hydrogens (primary N) is 1. The van der Waals surface area contributed by atoms with Crippen molar-refractivity contribution in [3.63, 3.8) is 0 Å². The molecule has 0 spiro atoms. The summed E-state index contributed by atoms with van der Waals surface area (Å²) in [7, 11) is 1.60. The Balaban J connectivity index is 1.43. The van der Waals surface area contributed by atoms with Crippen LogP contribution in [0.15, 0.2) is 64.5 Å². The Kier molecular flexibility index (Phi) is 5.64. The van der Waals surface area contributed by atoms with Crippen LogP contribution in [0.25, 0.3) is 5.82 Å². The summed E-state index contributed by atoms with van der Waals surface area (Å²) in [4.78, 5) is 20.1. The van der Waals surface area contributed by atoms with Crippen LogP contribution in [0.4, 0.5) is 11.4 Å². The topological polar surface area (TPSA) is 165 Å². The third-order valence-electron chi connectivity index (χ3n) is 6.69. The third-order valence-corrected chi connectivity index (χ3v) is 6.69. The fourth-order valence-electron chi connectivity index (χ4n) is 4.91. The summed E-state index contributed by atoms with van der Waals surface area (Å²) in [6.07, 6.45) is 4.09.